The van der Waals surface area contributed by atoms with Crippen LogP contribution in [-0.4, -0.2) is 18.2 Å². The fourth-order valence-corrected chi connectivity index (χ4v) is 1.85. The molecule has 96 valence electrons. The molecule has 0 bridgehead atoms. The van der Waals surface area contributed by atoms with E-state index in [1.165, 1.54) is 17.9 Å². The smallest absolute Gasteiger partial charge is 0.321 e. The van der Waals surface area contributed by atoms with Crippen molar-refractivity contribution in [3.63, 3.8) is 0 Å². The molecule has 0 saturated carbocycles. The van der Waals surface area contributed by atoms with Crippen LogP contribution in [0.3, 0.4) is 0 Å². The van der Waals surface area contributed by atoms with Gasteiger partial charge in [0, 0.05) is 25.4 Å². The van der Waals surface area contributed by atoms with Crippen LogP contribution in [0.15, 0.2) is 27.6 Å². The highest BCUT2D eigenvalue weighted by Gasteiger charge is 2.14. The highest BCUT2D eigenvalue weighted by molar-refractivity contribution is 6.15. The van der Waals surface area contributed by atoms with E-state index in [4.69, 9.17) is 11.8 Å². The standard InChI is InChI=1S/C11H13ClN4O2/c1-7(2)4-5-15-6-13-9-8(15)10(17)16(12)11(18)14(9)3/h4,6H,5H2,1-3H3. The van der Waals surface area contributed by atoms with Crippen molar-refractivity contribution in [3.05, 3.63) is 38.8 Å². The molecule has 2 aromatic rings. The molecule has 2 heterocycles. The molecule has 0 atom stereocenters. The SMILES string of the molecule is CC(C)=CCn1cnc2c1c(=O)n(Cl)c(=O)n2C. The number of aromatic nitrogens is 4. The van der Waals surface area contributed by atoms with Crippen molar-refractivity contribution >= 4 is 22.9 Å². The zero-order valence-electron chi connectivity index (χ0n) is 10.3. The van der Waals surface area contributed by atoms with Gasteiger partial charge in [-0.25, -0.2) is 9.78 Å². The number of imidazole rings is 1. The Hall–Kier alpha value is -1.82. The summed E-state index contributed by atoms with van der Waals surface area (Å²) in [6.45, 7) is 4.45. The summed E-state index contributed by atoms with van der Waals surface area (Å²) < 4.78 is 3.49. The first kappa shape index (κ1) is 12.6. The number of rotatable bonds is 2. The Balaban J connectivity index is 2.78. The van der Waals surface area contributed by atoms with Gasteiger partial charge in [0.25, 0.3) is 5.56 Å². The number of nitrogens with zero attached hydrogens (tertiary/aromatic N) is 4. The van der Waals surface area contributed by atoms with E-state index in [0.29, 0.717) is 21.8 Å². The van der Waals surface area contributed by atoms with Crippen LogP contribution in [-0.2, 0) is 13.6 Å². The highest BCUT2D eigenvalue weighted by Crippen LogP contribution is 2.06. The summed E-state index contributed by atoms with van der Waals surface area (Å²) in [7, 11) is 1.53. The Labute approximate surface area is 108 Å². The van der Waals surface area contributed by atoms with E-state index in [0.717, 1.165) is 5.57 Å². The molecule has 0 aliphatic carbocycles. The summed E-state index contributed by atoms with van der Waals surface area (Å²) in [5, 5.41) is 0. The van der Waals surface area contributed by atoms with Crippen LogP contribution in [0, 0.1) is 0 Å². The van der Waals surface area contributed by atoms with E-state index in [9.17, 15) is 9.59 Å². The van der Waals surface area contributed by atoms with E-state index < -0.39 is 11.2 Å². The summed E-state index contributed by atoms with van der Waals surface area (Å²) in [5.74, 6) is 0. The molecule has 7 heteroatoms. The lowest BCUT2D eigenvalue weighted by Crippen LogP contribution is -2.35. The van der Waals surface area contributed by atoms with Crippen molar-refractivity contribution < 1.29 is 0 Å². The van der Waals surface area contributed by atoms with Gasteiger partial charge in [0.2, 0.25) is 0 Å². The summed E-state index contributed by atoms with van der Waals surface area (Å²) in [6.07, 6.45) is 3.49. The van der Waals surface area contributed by atoms with E-state index in [-0.39, 0.29) is 0 Å². The average molecular weight is 269 g/mol. The lowest BCUT2D eigenvalue weighted by molar-refractivity contribution is 0.794. The number of allylic oxidation sites excluding steroid dienone is 2. The summed E-state index contributed by atoms with van der Waals surface area (Å²) in [6, 6.07) is 0. The van der Waals surface area contributed by atoms with Gasteiger partial charge in [0.1, 0.15) is 0 Å². The van der Waals surface area contributed by atoms with Crippen LogP contribution in [0.25, 0.3) is 11.2 Å². The zero-order valence-corrected chi connectivity index (χ0v) is 11.1. The van der Waals surface area contributed by atoms with E-state index in [1.807, 2.05) is 19.9 Å². The lowest BCUT2D eigenvalue weighted by Gasteiger charge is -2.03. The first-order valence-corrected chi connectivity index (χ1v) is 5.73. The molecule has 0 spiro atoms. The Bertz CT molecular complexity index is 747. The maximum absolute atomic E-state index is 12.0. The average Bonchev–Trinajstić information content (AvgIpc) is 2.75. The number of aryl methyl sites for hydroxylation is 1. The van der Waals surface area contributed by atoms with Crippen LogP contribution in [0.1, 0.15) is 13.8 Å². The minimum Gasteiger partial charge on any atom is -0.321 e. The summed E-state index contributed by atoms with van der Waals surface area (Å²) in [4.78, 5) is 27.7. The van der Waals surface area contributed by atoms with Gasteiger partial charge in [-0.2, -0.15) is 4.09 Å². The molecule has 18 heavy (non-hydrogen) atoms. The number of hydrogen-bond donors (Lipinski definition) is 0. The summed E-state index contributed by atoms with van der Waals surface area (Å²) in [5.41, 5.74) is 0.651. The molecule has 0 saturated heterocycles. The third kappa shape index (κ3) is 1.88. The van der Waals surface area contributed by atoms with Crippen LogP contribution >= 0.6 is 11.8 Å². The minimum absolute atomic E-state index is 0.324. The van der Waals surface area contributed by atoms with Crippen molar-refractivity contribution in [3.8, 4) is 0 Å². The summed E-state index contributed by atoms with van der Waals surface area (Å²) >= 11 is 5.67. The van der Waals surface area contributed by atoms with Crippen molar-refractivity contribution in [1.82, 2.24) is 18.2 Å². The Morgan fingerprint density at radius 2 is 2.11 bits per heavy atom. The number of fused-ring (bicyclic) bond motifs is 1. The molecule has 0 aromatic carbocycles. The molecule has 0 N–H and O–H groups in total. The molecule has 2 rings (SSSR count). The fraction of sp³-hybridized carbons (Fsp3) is 0.364. The Kier molecular flexibility index (Phi) is 3.13. The molecular formula is C11H13ClN4O2. The molecule has 0 aliphatic rings. The third-order valence-electron chi connectivity index (χ3n) is 2.67. The topological polar surface area (TPSA) is 61.8 Å². The van der Waals surface area contributed by atoms with Gasteiger partial charge < -0.3 is 4.57 Å². The normalized spacial score (nSPS) is 10.9. The van der Waals surface area contributed by atoms with Crippen LogP contribution < -0.4 is 11.2 Å². The highest BCUT2D eigenvalue weighted by atomic mass is 35.5. The Morgan fingerprint density at radius 1 is 1.44 bits per heavy atom. The Morgan fingerprint density at radius 3 is 2.72 bits per heavy atom. The third-order valence-corrected chi connectivity index (χ3v) is 2.97. The minimum atomic E-state index is -0.596. The van der Waals surface area contributed by atoms with Crippen molar-refractivity contribution in [2.75, 3.05) is 0 Å². The fourth-order valence-electron chi connectivity index (χ4n) is 1.66. The van der Waals surface area contributed by atoms with Crippen molar-refractivity contribution in [1.29, 1.82) is 0 Å². The first-order chi connectivity index (χ1) is 8.43. The molecule has 0 amide bonds. The second-order valence-corrected chi connectivity index (χ2v) is 4.62. The monoisotopic (exact) mass is 268 g/mol. The van der Waals surface area contributed by atoms with Crippen molar-refractivity contribution in [2.24, 2.45) is 7.05 Å². The lowest BCUT2D eigenvalue weighted by atomic mass is 10.3. The predicted octanol–water partition coefficient (Wildman–Crippen LogP) is 0.865. The van der Waals surface area contributed by atoms with Gasteiger partial charge in [0.05, 0.1) is 6.33 Å². The molecule has 0 unspecified atom stereocenters. The molecule has 6 nitrogen and oxygen atoms in total. The molecule has 0 aliphatic heterocycles. The van der Waals surface area contributed by atoms with E-state index in [2.05, 4.69) is 4.98 Å². The van der Waals surface area contributed by atoms with Gasteiger partial charge in [-0.05, 0) is 13.8 Å². The van der Waals surface area contributed by atoms with Gasteiger partial charge in [0.15, 0.2) is 11.2 Å². The quantitative estimate of drug-likeness (QED) is 0.759. The van der Waals surface area contributed by atoms with E-state index in [1.54, 1.807) is 4.57 Å². The predicted molar refractivity (Wildman–Crippen MR) is 69.9 cm³/mol. The zero-order chi connectivity index (χ0) is 13.4. The maximum atomic E-state index is 12.0. The number of halogens is 1. The van der Waals surface area contributed by atoms with Crippen LogP contribution in [0.4, 0.5) is 0 Å². The first-order valence-electron chi connectivity index (χ1n) is 5.40. The molecule has 0 fully saturated rings. The molecule has 2 aromatic heterocycles. The van der Waals surface area contributed by atoms with Crippen molar-refractivity contribution in [2.45, 2.75) is 20.4 Å². The van der Waals surface area contributed by atoms with Gasteiger partial charge >= 0.3 is 5.69 Å². The van der Waals surface area contributed by atoms with Gasteiger partial charge in [-0.15, -0.1) is 0 Å². The van der Waals surface area contributed by atoms with Crippen LogP contribution in [0.5, 0.6) is 0 Å². The van der Waals surface area contributed by atoms with E-state index >= 15 is 0 Å². The molecule has 0 radical (unpaired) electrons. The second kappa shape index (κ2) is 4.45. The largest absolute Gasteiger partial charge is 0.347 e. The number of hydrogen-bond acceptors (Lipinski definition) is 3. The maximum Gasteiger partial charge on any atom is 0.347 e. The van der Waals surface area contributed by atoms with Crippen LogP contribution in [0.2, 0.25) is 0 Å². The second-order valence-electron chi connectivity index (χ2n) is 4.28. The van der Waals surface area contributed by atoms with Gasteiger partial charge in [-0.1, -0.05) is 11.6 Å². The molecular weight excluding hydrogens is 256 g/mol. The van der Waals surface area contributed by atoms with Gasteiger partial charge in [-0.3, -0.25) is 9.36 Å².